The predicted molar refractivity (Wildman–Crippen MR) is 102 cm³/mol. The molecule has 1 aliphatic carbocycles. The lowest BCUT2D eigenvalue weighted by atomic mass is 9.72. The quantitative estimate of drug-likeness (QED) is 0.553. The van der Waals surface area contributed by atoms with Gasteiger partial charge in [-0.25, -0.2) is 0 Å². The fourth-order valence-corrected chi connectivity index (χ4v) is 5.47. The van der Waals surface area contributed by atoms with Crippen LogP contribution in [0.15, 0.2) is 18.2 Å². The summed E-state index contributed by atoms with van der Waals surface area (Å²) in [6.45, 7) is 0. The number of aliphatic carboxylic acids is 1. The summed E-state index contributed by atoms with van der Waals surface area (Å²) in [7, 11) is 1.42. The van der Waals surface area contributed by atoms with Crippen molar-refractivity contribution >= 4 is 17.8 Å². The molecule has 0 aromatic heterocycles. The normalized spacial score (nSPS) is 32.1. The third-order valence-electron chi connectivity index (χ3n) is 6.80. The van der Waals surface area contributed by atoms with E-state index in [1.165, 1.54) is 7.11 Å². The summed E-state index contributed by atoms with van der Waals surface area (Å²) in [5.74, 6) is -3.88. The molecule has 0 spiro atoms. The average molecular weight is 402 g/mol. The Labute approximate surface area is 168 Å². The molecule has 2 aliphatic heterocycles. The lowest BCUT2D eigenvalue weighted by Crippen LogP contribution is -2.56. The van der Waals surface area contributed by atoms with Crippen LogP contribution in [0, 0.1) is 17.8 Å². The number of carbonyl (C=O) groups excluding carboxylic acids is 2. The molecule has 4 rings (SSSR count). The minimum atomic E-state index is -1.55. The molecule has 1 saturated carbocycles. The number of fused-ring (bicyclic) bond motifs is 1. The summed E-state index contributed by atoms with van der Waals surface area (Å²) < 4.78 is 5.16. The molecule has 4 atom stereocenters. The van der Waals surface area contributed by atoms with Crippen molar-refractivity contribution in [2.24, 2.45) is 17.8 Å². The molecule has 156 valence electrons. The summed E-state index contributed by atoms with van der Waals surface area (Å²) in [5.41, 5.74) is -1.20. The van der Waals surface area contributed by atoms with Crippen molar-refractivity contribution < 1.29 is 29.3 Å². The number of hydrogen-bond donors (Lipinski definition) is 4. The predicted octanol–water partition coefficient (Wildman–Crippen LogP) is 1.73. The van der Waals surface area contributed by atoms with Gasteiger partial charge in [-0.2, -0.15) is 0 Å². The van der Waals surface area contributed by atoms with E-state index in [0.29, 0.717) is 5.56 Å². The van der Waals surface area contributed by atoms with Gasteiger partial charge in [-0.15, -0.1) is 0 Å². The number of phenolic OH excluding ortho intramolecular Hbond substituents is 1. The molecule has 2 heterocycles. The number of benzene rings is 1. The van der Waals surface area contributed by atoms with Crippen molar-refractivity contribution in [3.63, 3.8) is 0 Å². The number of phenols is 1. The van der Waals surface area contributed by atoms with E-state index in [2.05, 4.69) is 10.6 Å². The molecule has 8 nitrogen and oxygen atoms in total. The van der Waals surface area contributed by atoms with Crippen molar-refractivity contribution in [2.45, 2.75) is 50.1 Å². The molecule has 4 unspecified atom stereocenters. The highest BCUT2D eigenvalue weighted by Gasteiger charge is 2.66. The minimum Gasteiger partial charge on any atom is -0.504 e. The van der Waals surface area contributed by atoms with Crippen molar-refractivity contribution in [1.29, 1.82) is 0 Å². The molecule has 3 aliphatic rings. The zero-order chi connectivity index (χ0) is 20.8. The van der Waals surface area contributed by atoms with E-state index in [1.807, 2.05) is 0 Å². The topological polar surface area (TPSA) is 125 Å². The summed E-state index contributed by atoms with van der Waals surface area (Å²) in [6.07, 6.45) is 5.33. The average Bonchev–Trinajstić information content (AvgIpc) is 3.20. The highest BCUT2D eigenvalue weighted by atomic mass is 16.5. The third kappa shape index (κ3) is 3.06. The number of amides is 2. The van der Waals surface area contributed by atoms with Gasteiger partial charge in [0.2, 0.25) is 11.8 Å². The van der Waals surface area contributed by atoms with E-state index < -0.39 is 41.2 Å². The van der Waals surface area contributed by atoms with Crippen LogP contribution in [0.2, 0.25) is 0 Å². The third-order valence-corrected chi connectivity index (χ3v) is 6.80. The van der Waals surface area contributed by atoms with Crippen LogP contribution >= 0.6 is 0 Å². The van der Waals surface area contributed by atoms with E-state index in [1.54, 1.807) is 18.2 Å². The molecule has 1 aromatic rings. The number of nitrogens with one attached hydrogen (secondary N) is 2. The maximum atomic E-state index is 12.7. The van der Waals surface area contributed by atoms with Gasteiger partial charge in [0.25, 0.3) is 0 Å². The van der Waals surface area contributed by atoms with E-state index in [4.69, 9.17) is 4.74 Å². The number of carboxylic acid groups (broad SMARTS) is 1. The Kier molecular flexibility index (Phi) is 4.98. The second kappa shape index (κ2) is 7.33. The van der Waals surface area contributed by atoms with Gasteiger partial charge >= 0.3 is 5.97 Å². The van der Waals surface area contributed by atoms with Gasteiger partial charge in [-0.05, 0) is 18.4 Å². The SMILES string of the molecule is COc1cccc(C2NC(CC3CCCCC3)(C(=O)O)C3C(=O)NC(=O)C23)c1O. The lowest BCUT2D eigenvalue weighted by Gasteiger charge is -2.35. The first-order valence-corrected chi connectivity index (χ1v) is 10.1. The number of hydrogen-bond acceptors (Lipinski definition) is 6. The molecular formula is C21H26N2O6. The lowest BCUT2D eigenvalue weighted by molar-refractivity contribution is -0.150. The Morgan fingerprint density at radius 2 is 1.93 bits per heavy atom. The number of rotatable bonds is 5. The first kappa shape index (κ1) is 19.7. The first-order chi connectivity index (χ1) is 13.9. The number of imide groups is 1. The Balaban J connectivity index is 1.78. The molecule has 0 bridgehead atoms. The molecule has 2 amide bonds. The van der Waals surface area contributed by atoms with Crippen molar-refractivity contribution in [2.75, 3.05) is 7.11 Å². The highest BCUT2D eigenvalue weighted by Crippen LogP contribution is 2.51. The number of carbonyl (C=O) groups is 3. The van der Waals surface area contributed by atoms with Gasteiger partial charge in [0.15, 0.2) is 11.5 Å². The molecule has 29 heavy (non-hydrogen) atoms. The van der Waals surface area contributed by atoms with E-state index >= 15 is 0 Å². The minimum absolute atomic E-state index is 0.155. The Morgan fingerprint density at radius 3 is 2.59 bits per heavy atom. The second-order valence-electron chi connectivity index (χ2n) is 8.36. The van der Waals surface area contributed by atoms with Gasteiger partial charge in [0.1, 0.15) is 5.54 Å². The largest absolute Gasteiger partial charge is 0.504 e. The van der Waals surface area contributed by atoms with Gasteiger partial charge < -0.3 is 14.9 Å². The number of ether oxygens (including phenoxy) is 1. The summed E-state index contributed by atoms with van der Waals surface area (Å²) in [6, 6.07) is 4.07. The van der Waals surface area contributed by atoms with E-state index in [-0.39, 0.29) is 23.8 Å². The molecule has 1 aromatic carbocycles. The number of carboxylic acids is 1. The molecule has 2 saturated heterocycles. The van der Waals surface area contributed by atoms with Crippen LogP contribution in [0.3, 0.4) is 0 Å². The Bertz CT molecular complexity index is 850. The van der Waals surface area contributed by atoms with Gasteiger partial charge in [-0.3, -0.25) is 25.0 Å². The van der Waals surface area contributed by atoms with Gasteiger partial charge in [0.05, 0.1) is 18.9 Å². The Hall–Kier alpha value is -2.61. The molecular weight excluding hydrogens is 376 g/mol. The van der Waals surface area contributed by atoms with Gasteiger partial charge in [-0.1, -0.05) is 44.2 Å². The van der Waals surface area contributed by atoms with Crippen molar-refractivity contribution in [1.82, 2.24) is 10.6 Å². The van der Waals surface area contributed by atoms with E-state index in [0.717, 1.165) is 32.1 Å². The van der Waals surface area contributed by atoms with Gasteiger partial charge in [0, 0.05) is 11.6 Å². The Morgan fingerprint density at radius 1 is 1.21 bits per heavy atom. The number of aromatic hydroxyl groups is 1. The maximum absolute atomic E-state index is 12.7. The maximum Gasteiger partial charge on any atom is 0.324 e. The summed E-state index contributed by atoms with van der Waals surface area (Å²) in [4.78, 5) is 37.9. The fourth-order valence-electron chi connectivity index (χ4n) is 5.47. The standard InChI is InChI=1S/C21H26N2O6/c1-29-13-9-5-8-12(17(13)24)16-14-15(19(26)22-18(14)25)21(23-16,20(27)28)10-11-6-3-2-4-7-11/h5,8-9,11,14-16,23-24H,2-4,6-7,10H2,1H3,(H,27,28)(H,22,25,26). The molecule has 0 radical (unpaired) electrons. The fraction of sp³-hybridized carbons (Fsp3) is 0.571. The summed E-state index contributed by atoms with van der Waals surface area (Å²) >= 11 is 0. The zero-order valence-corrected chi connectivity index (χ0v) is 16.3. The smallest absolute Gasteiger partial charge is 0.324 e. The number of para-hydroxylation sites is 1. The van der Waals surface area contributed by atoms with Crippen molar-refractivity contribution in [3.8, 4) is 11.5 Å². The zero-order valence-electron chi connectivity index (χ0n) is 16.3. The molecule has 8 heteroatoms. The van der Waals surface area contributed by atoms with Crippen LogP contribution in [0.4, 0.5) is 0 Å². The second-order valence-corrected chi connectivity index (χ2v) is 8.36. The monoisotopic (exact) mass is 402 g/mol. The van der Waals surface area contributed by atoms with Crippen molar-refractivity contribution in [3.05, 3.63) is 23.8 Å². The van der Waals surface area contributed by atoms with Crippen LogP contribution < -0.4 is 15.4 Å². The highest BCUT2D eigenvalue weighted by molar-refractivity contribution is 6.09. The van der Waals surface area contributed by atoms with Crippen LogP contribution in [0.5, 0.6) is 11.5 Å². The van der Waals surface area contributed by atoms with Crippen LogP contribution in [0.1, 0.15) is 50.1 Å². The van der Waals surface area contributed by atoms with Crippen LogP contribution in [-0.4, -0.2) is 40.6 Å². The molecule has 4 N–H and O–H groups in total. The van der Waals surface area contributed by atoms with Crippen LogP contribution in [0.25, 0.3) is 0 Å². The van der Waals surface area contributed by atoms with Crippen LogP contribution in [-0.2, 0) is 14.4 Å². The number of methoxy groups -OCH3 is 1. The first-order valence-electron chi connectivity index (χ1n) is 10.1. The summed E-state index contributed by atoms with van der Waals surface area (Å²) in [5, 5.41) is 26.3. The van der Waals surface area contributed by atoms with E-state index in [9.17, 15) is 24.6 Å². The molecule has 3 fully saturated rings.